The molecule has 0 fully saturated rings. The van der Waals surface area contributed by atoms with Crippen LogP contribution in [-0.4, -0.2) is 19.5 Å². The van der Waals surface area contributed by atoms with Crippen molar-refractivity contribution < 1.29 is 9.47 Å². The van der Waals surface area contributed by atoms with Crippen LogP contribution in [-0.2, 0) is 9.47 Å². The van der Waals surface area contributed by atoms with Crippen LogP contribution >= 0.6 is 0 Å². The molecular formula is C12H26O2. The molecule has 0 aliphatic carbocycles. The Morgan fingerprint density at radius 1 is 0.857 bits per heavy atom. The second kappa shape index (κ2) is 11.0. The van der Waals surface area contributed by atoms with Gasteiger partial charge in [-0.1, -0.05) is 33.1 Å². The Labute approximate surface area is 89.0 Å². The van der Waals surface area contributed by atoms with Crippen LogP contribution in [0.15, 0.2) is 0 Å². The Bertz CT molecular complexity index is 94.5. The summed E-state index contributed by atoms with van der Waals surface area (Å²) in [7, 11) is 0. The normalized spacial score (nSPS) is 13.1. The largest absolute Gasteiger partial charge is 0.353 e. The summed E-state index contributed by atoms with van der Waals surface area (Å²) in [6.07, 6.45) is 7.16. The van der Waals surface area contributed by atoms with Crippen molar-refractivity contribution in [1.29, 1.82) is 0 Å². The summed E-state index contributed by atoms with van der Waals surface area (Å²) in [4.78, 5) is 0. The summed E-state index contributed by atoms with van der Waals surface area (Å²) < 4.78 is 11.2. The predicted octanol–water partition coefficient (Wildman–Crippen LogP) is 3.75. The number of hydrogen-bond donors (Lipinski definition) is 0. The molecule has 2 nitrogen and oxygen atoms in total. The first-order valence-corrected chi connectivity index (χ1v) is 6.08. The number of ether oxygens (including phenoxy) is 2. The lowest BCUT2D eigenvalue weighted by Crippen LogP contribution is -2.17. The van der Waals surface area contributed by atoms with Gasteiger partial charge in [0.2, 0.25) is 0 Å². The molecule has 0 aliphatic heterocycles. The fourth-order valence-electron chi connectivity index (χ4n) is 1.32. The van der Waals surface area contributed by atoms with Crippen molar-refractivity contribution >= 4 is 0 Å². The molecular weight excluding hydrogens is 176 g/mol. The van der Waals surface area contributed by atoms with E-state index < -0.39 is 0 Å². The van der Waals surface area contributed by atoms with Crippen LogP contribution in [0.25, 0.3) is 0 Å². The molecule has 0 aromatic carbocycles. The van der Waals surface area contributed by atoms with Crippen LogP contribution in [0.2, 0.25) is 0 Å². The highest BCUT2D eigenvalue weighted by molar-refractivity contribution is 4.47. The molecule has 2 heteroatoms. The van der Waals surface area contributed by atoms with Gasteiger partial charge in [0, 0.05) is 13.2 Å². The molecule has 0 saturated carbocycles. The molecule has 0 bridgehead atoms. The second-order valence-corrected chi connectivity index (χ2v) is 3.61. The molecule has 1 atom stereocenters. The third-order valence-electron chi connectivity index (χ3n) is 2.20. The quantitative estimate of drug-likeness (QED) is 0.397. The molecule has 0 aromatic heterocycles. The number of hydrogen-bond acceptors (Lipinski definition) is 2. The van der Waals surface area contributed by atoms with E-state index in [1.807, 2.05) is 6.92 Å². The first kappa shape index (κ1) is 13.9. The van der Waals surface area contributed by atoms with Crippen molar-refractivity contribution in [2.24, 2.45) is 0 Å². The van der Waals surface area contributed by atoms with Gasteiger partial charge in [0.1, 0.15) is 0 Å². The Morgan fingerprint density at radius 2 is 1.57 bits per heavy atom. The van der Waals surface area contributed by atoms with E-state index in [4.69, 9.17) is 9.47 Å². The van der Waals surface area contributed by atoms with Gasteiger partial charge >= 0.3 is 0 Å². The van der Waals surface area contributed by atoms with Crippen LogP contribution in [0.4, 0.5) is 0 Å². The number of rotatable bonds is 10. The Hall–Kier alpha value is -0.0800. The van der Waals surface area contributed by atoms with E-state index in [1.165, 1.54) is 25.7 Å². The molecule has 0 aromatic rings. The highest BCUT2D eigenvalue weighted by Crippen LogP contribution is 2.08. The van der Waals surface area contributed by atoms with Gasteiger partial charge in [-0.15, -0.1) is 0 Å². The molecule has 0 radical (unpaired) electrons. The van der Waals surface area contributed by atoms with Gasteiger partial charge in [0.05, 0.1) is 0 Å². The van der Waals surface area contributed by atoms with Crippen molar-refractivity contribution in [2.45, 2.75) is 65.6 Å². The Morgan fingerprint density at radius 3 is 2.14 bits per heavy atom. The van der Waals surface area contributed by atoms with Gasteiger partial charge in [-0.05, 0) is 26.2 Å². The zero-order chi connectivity index (χ0) is 10.6. The fraction of sp³-hybridized carbons (Fsp3) is 1.00. The predicted molar refractivity (Wildman–Crippen MR) is 60.4 cm³/mol. The standard InChI is InChI=1S/C12H26O2/c1-4-7-9-10-12(13-6-3)14-11-8-5-2/h12H,4-11H2,1-3H3. The monoisotopic (exact) mass is 202 g/mol. The molecule has 0 spiro atoms. The van der Waals surface area contributed by atoms with E-state index in [0.29, 0.717) is 0 Å². The summed E-state index contributed by atoms with van der Waals surface area (Å²) >= 11 is 0. The van der Waals surface area contributed by atoms with E-state index in [0.717, 1.165) is 26.1 Å². The maximum atomic E-state index is 5.65. The smallest absolute Gasteiger partial charge is 0.157 e. The minimum Gasteiger partial charge on any atom is -0.353 e. The van der Waals surface area contributed by atoms with Gasteiger partial charge in [-0.2, -0.15) is 0 Å². The van der Waals surface area contributed by atoms with Crippen molar-refractivity contribution in [3.8, 4) is 0 Å². The second-order valence-electron chi connectivity index (χ2n) is 3.61. The fourth-order valence-corrected chi connectivity index (χ4v) is 1.32. The molecule has 0 aliphatic rings. The van der Waals surface area contributed by atoms with Gasteiger partial charge in [-0.25, -0.2) is 0 Å². The average molecular weight is 202 g/mol. The van der Waals surface area contributed by atoms with Gasteiger partial charge in [-0.3, -0.25) is 0 Å². The Kier molecular flexibility index (Phi) is 10.9. The summed E-state index contributed by atoms with van der Waals surface area (Å²) in [5.41, 5.74) is 0. The lowest BCUT2D eigenvalue weighted by Gasteiger charge is -2.17. The molecule has 86 valence electrons. The Balaban J connectivity index is 3.44. The maximum absolute atomic E-state index is 5.65. The van der Waals surface area contributed by atoms with E-state index in [9.17, 15) is 0 Å². The van der Waals surface area contributed by atoms with Crippen molar-refractivity contribution in [3.63, 3.8) is 0 Å². The van der Waals surface area contributed by atoms with Gasteiger partial charge < -0.3 is 9.47 Å². The summed E-state index contributed by atoms with van der Waals surface area (Å²) in [5, 5.41) is 0. The van der Waals surface area contributed by atoms with E-state index in [2.05, 4.69) is 13.8 Å². The minimum atomic E-state index is 0.0399. The van der Waals surface area contributed by atoms with Crippen LogP contribution in [0.5, 0.6) is 0 Å². The zero-order valence-electron chi connectivity index (χ0n) is 10.1. The number of unbranched alkanes of at least 4 members (excludes halogenated alkanes) is 3. The summed E-state index contributed by atoms with van der Waals surface area (Å²) in [6.45, 7) is 8.01. The van der Waals surface area contributed by atoms with Crippen LogP contribution in [0.1, 0.15) is 59.3 Å². The third-order valence-corrected chi connectivity index (χ3v) is 2.20. The molecule has 0 N–H and O–H groups in total. The first-order valence-electron chi connectivity index (χ1n) is 6.08. The highest BCUT2D eigenvalue weighted by Gasteiger charge is 2.07. The van der Waals surface area contributed by atoms with Crippen molar-refractivity contribution in [1.82, 2.24) is 0 Å². The molecule has 0 rings (SSSR count). The molecule has 0 amide bonds. The minimum absolute atomic E-state index is 0.0399. The van der Waals surface area contributed by atoms with Crippen LogP contribution in [0.3, 0.4) is 0 Å². The molecule has 1 unspecified atom stereocenters. The summed E-state index contributed by atoms with van der Waals surface area (Å²) in [5.74, 6) is 0. The topological polar surface area (TPSA) is 18.5 Å². The van der Waals surface area contributed by atoms with E-state index in [-0.39, 0.29) is 6.29 Å². The van der Waals surface area contributed by atoms with Crippen molar-refractivity contribution in [2.75, 3.05) is 13.2 Å². The molecule has 0 saturated heterocycles. The maximum Gasteiger partial charge on any atom is 0.157 e. The van der Waals surface area contributed by atoms with E-state index in [1.54, 1.807) is 0 Å². The van der Waals surface area contributed by atoms with E-state index >= 15 is 0 Å². The average Bonchev–Trinajstić information content (AvgIpc) is 2.18. The van der Waals surface area contributed by atoms with Crippen molar-refractivity contribution in [3.05, 3.63) is 0 Å². The SMILES string of the molecule is CCCCCC(OCC)OCCCC. The van der Waals surface area contributed by atoms with Gasteiger partial charge in [0.25, 0.3) is 0 Å². The first-order chi connectivity index (χ1) is 6.85. The summed E-state index contributed by atoms with van der Waals surface area (Å²) in [6, 6.07) is 0. The lowest BCUT2D eigenvalue weighted by atomic mass is 10.2. The zero-order valence-corrected chi connectivity index (χ0v) is 10.1. The van der Waals surface area contributed by atoms with Crippen LogP contribution in [0, 0.1) is 0 Å². The highest BCUT2D eigenvalue weighted by atomic mass is 16.7. The molecule has 0 heterocycles. The lowest BCUT2D eigenvalue weighted by molar-refractivity contribution is -0.144. The van der Waals surface area contributed by atoms with Gasteiger partial charge in [0.15, 0.2) is 6.29 Å². The third kappa shape index (κ3) is 8.52. The van der Waals surface area contributed by atoms with Crippen LogP contribution < -0.4 is 0 Å². The molecule has 14 heavy (non-hydrogen) atoms.